The molecule has 1 heterocycles. The Hall–Kier alpha value is -4.14. The second kappa shape index (κ2) is 15.5. The number of ether oxygens (including phenoxy) is 5. The number of urea groups is 1. The molecule has 1 aromatic heterocycles. The van der Waals surface area contributed by atoms with E-state index in [9.17, 15) is 18.0 Å². The smallest absolute Gasteiger partial charge is 0.417 e. The number of methoxy groups -OCH3 is 2. The number of rotatable bonds is 14. The van der Waals surface area contributed by atoms with E-state index < -0.39 is 17.8 Å². The molecule has 0 atom stereocenters. The molecule has 0 saturated heterocycles. The Morgan fingerprint density at radius 1 is 0.818 bits per heavy atom. The van der Waals surface area contributed by atoms with E-state index in [4.69, 9.17) is 23.7 Å². The summed E-state index contributed by atoms with van der Waals surface area (Å²) in [5.41, 5.74) is 0.0546. The van der Waals surface area contributed by atoms with Gasteiger partial charge in [0, 0.05) is 62.2 Å². The molecule has 0 aliphatic carbocycles. The third-order valence-corrected chi connectivity index (χ3v) is 6.71. The van der Waals surface area contributed by atoms with Crippen molar-refractivity contribution in [1.29, 1.82) is 0 Å². The SMILES string of the molecule is COCCCOc1cc2ncnc(Oc3ccc(NC(=O)Nc4ccc(Br)c(C(F)(F)F)c4)cc3)c2cc1OCCCOC. The Morgan fingerprint density at radius 2 is 1.43 bits per heavy atom. The van der Waals surface area contributed by atoms with Gasteiger partial charge in [-0.15, -0.1) is 0 Å². The van der Waals surface area contributed by atoms with E-state index in [2.05, 4.69) is 36.5 Å². The molecule has 0 saturated carbocycles. The predicted octanol–water partition coefficient (Wildman–Crippen LogP) is 7.68. The van der Waals surface area contributed by atoms with E-state index in [1.165, 1.54) is 18.5 Å². The number of nitrogens with one attached hydrogen (secondary N) is 2. The quantitative estimate of drug-likeness (QED) is 0.131. The lowest BCUT2D eigenvalue weighted by molar-refractivity contribution is -0.138. The number of fused-ring (bicyclic) bond motifs is 1. The van der Waals surface area contributed by atoms with Crippen LogP contribution in [-0.2, 0) is 15.7 Å². The average molecular weight is 679 g/mol. The lowest BCUT2D eigenvalue weighted by atomic mass is 10.2. The zero-order valence-electron chi connectivity index (χ0n) is 23.9. The summed E-state index contributed by atoms with van der Waals surface area (Å²) < 4.78 is 67.6. The molecule has 44 heavy (non-hydrogen) atoms. The Bertz CT molecular complexity index is 1560. The third-order valence-electron chi connectivity index (χ3n) is 6.02. The zero-order valence-corrected chi connectivity index (χ0v) is 25.5. The van der Waals surface area contributed by atoms with Gasteiger partial charge in [0.1, 0.15) is 12.1 Å². The topological polar surface area (TPSA) is 113 Å². The zero-order chi connectivity index (χ0) is 31.5. The van der Waals surface area contributed by atoms with Crippen molar-refractivity contribution in [3.63, 3.8) is 0 Å². The third kappa shape index (κ3) is 9.18. The first kappa shape index (κ1) is 32.8. The summed E-state index contributed by atoms with van der Waals surface area (Å²) in [4.78, 5) is 21.1. The minimum atomic E-state index is -4.57. The van der Waals surface area contributed by atoms with Crippen LogP contribution in [0.1, 0.15) is 18.4 Å². The fraction of sp³-hybridized carbons (Fsp3) is 0.300. The highest BCUT2D eigenvalue weighted by atomic mass is 79.9. The number of nitrogens with zero attached hydrogens (tertiary/aromatic N) is 2. The van der Waals surface area contributed by atoms with Crippen LogP contribution in [0.5, 0.6) is 23.1 Å². The number of carbonyl (C=O) groups is 1. The number of halogens is 4. The van der Waals surface area contributed by atoms with Crippen molar-refractivity contribution >= 4 is 44.2 Å². The molecule has 4 aromatic rings. The summed E-state index contributed by atoms with van der Waals surface area (Å²) in [7, 11) is 3.25. The first-order valence-corrected chi connectivity index (χ1v) is 14.2. The van der Waals surface area contributed by atoms with Gasteiger partial charge in [-0.2, -0.15) is 13.2 Å². The van der Waals surface area contributed by atoms with E-state index in [1.807, 2.05) is 0 Å². The van der Waals surface area contributed by atoms with Crippen LogP contribution in [0.2, 0.25) is 0 Å². The van der Waals surface area contributed by atoms with Crippen molar-refractivity contribution in [3.05, 3.63) is 71.0 Å². The van der Waals surface area contributed by atoms with Crippen molar-refractivity contribution in [1.82, 2.24) is 9.97 Å². The van der Waals surface area contributed by atoms with Crippen LogP contribution < -0.4 is 24.8 Å². The van der Waals surface area contributed by atoms with E-state index in [0.717, 1.165) is 6.07 Å². The molecule has 0 spiro atoms. The van der Waals surface area contributed by atoms with E-state index >= 15 is 0 Å². The van der Waals surface area contributed by atoms with Gasteiger partial charge in [0.2, 0.25) is 5.88 Å². The van der Waals surface area contributed by atoms with Crippen LogP contribution in [0, 0.1) is 0 Å². The second-order valence-electron chi connectivity index (χ2n) is 9.28. The van der Waals surface area contributed by atoms with Gasteiger partial charge in [0.05, 0.1) is 29.7 Å². The highest BCUT2D eigenvalue weighted by Crippen LogP contribution is 2.38. The predicted molar refractivity (Wildman–Crippen MR) is 162 cm³/mol. The molecule has 2 amide bonds. The van der Waals surface area contributed by atoms with Crippen LogP contribution in [0.15, 0.2) is 65.4 Å². The lowest BCUT2D eigenvalue weighted by Crippen LogP contribution is -2.19. The van der Waals surface area contributed by atoms with Crippen LogP contribution in [0.25, 0.3) is 10.9 Å². The highest BCUT2D eigenvalue weighted by Gasteiger charge is 2.33. The molecule has 0 aliphatic heterocycles. The molecular formula is C30H30BrF3N4O6. The fourth-order valence-electron chi connectivity index (χ4n) is 3.95. The summed E-state index contributed by atoms with van der Waals surface area (Å²) in [6, 6.07) is 12.6. The summed E-state index contributed by atoms with van der Waals surface area (Å²) in [6.07, 6.45) is -1.82. The summed E-state index contributed by atoms with van der Waals surface area (Å²) in [5, 5.41) is 5.57. The van der Waals surface area contributed by atoms with Gasteiger partial charge in [0.25, 0.3) is 0 Å². The minimum absolute atomic E-state index is 0.0146. The monoisotopic (exact) mass is 678 g/mol. The second-order valence-corrected chi connectivity index (χ2v) is 10.1. The van der Waals surface area contributed by atoms with Crippen molar-refractivity contribution in [2.45, 2.75) is 19.0 Å². The Kier molecular flexibility index (Phi) is 11.6. The first-order chi connectivity index (χ1) is 21.2. The average Bonchev–Trinajstić information content (AvgIpc) is 2.99. The van der Waals surface area contributed by atoms with Crippen LogP contribution in [0.3, 0.4) is 0 Å². The molecule has 0 aliphatic rings. The van der Waals surface area contributed by atoms with Crippen molar-refractivity contribution in [2.24, 2.45) is 0 Å². The first-order valence-electron chi connectivity index (χ1n) is 13.4. The van der Waals surface area contributed by atoms with Gasteiger partial charge in [-0.25, -0.2) is 14.8 Å². The molecule has 2 N–H and O–H groups in total. The standard InChI is InChI=1S/C30H30BrF3N4O6/c1-40-11-3-13-42-26-16-22-25(17-27(26)43-14-4-12-41-2)35-18-36-28(22)44-21-8-5-19(6-9-21)37-29(39)38-20-7-10-24(31)23(15-20)30(32,33)34/h5-10,15-18H,3-4,11-14H2,1-2H3,(H2,37,38,39). The summed E-state index contributed by atoms with van der Waals surface area (Å²) >= 11 is 2.88. The molecule has 3 aromatic carbocycles. The summed E-state index contributed by atoms with van der Waals surface area (Å²) in [5.74, 6) is 1.73. The van der Waals surface area contributed by atoms with Gasteiger partial charge in [-0.05, 0) is 48.5 Å². The molecule has 14 heteroatoms. The number of anilines is 2. The molecule has 0 bridgehead atoms. The van der Waals surface area contributed by atoms with Gasteiger partial charge in [0.15, 0.2) is 11.5 Å². The van der Waals surface area contributed by atoms with Gasteiger partial charge >= 0.3 is 12.2 Å². The largest absolute Gasteiger partial charge is 0.490 e. The maximum absolute atomic E-state index is 13.2. The molecule has 0 fully saturated rings. The van der Waals surface area contributed by atoms with Crippen molar-refractivity contribution < 1.29 is 41.7 Å². The molecule has 4 rings (SSSR count). The van der Waals surface area contributed by atoms with Crippen LogP contribution in [0.4, 0.5) is 29.3 Å². The number of hydrogen-bond acceptors (Lipinski definition) is 8. The lowest BCUT2D eigenvalue weighted by Gasteiger charge is -2.15. The number of benzene rings is 3. The Morgan fingerprint density at radius 3 is 2.07 bits per heavy atom. The molecule has 10 nitrogen and oxygen atoms in total. The molecule has 0 radical (unpaired) electrons. The number of aromatic nitrogens is 2. The molecule has 0 unspecified atom stereocenters. The van der Waals surface area contributed by atoms with Gasteiger partial charge in [-0.1, -0.05) is 15.9 Å². The van der Waals surface area contributed by atoms with Crippen molar-refractivity contribution in [3.8, 4) is 23.1 Å². The highest BCUT2D eigenvalue weighted by molar-refractivity contribution is 9.10. The van der Waals surface area contributed by atoms with Crippen LogP contribution in [-0.4, -0.2) is 56.6 Å². The Labute approximate surface area is 260 Å². The minimum Gasteiger partial charge on any atom is -0.490 e. The normalized spacial score (nSPS) is 11.3. The van der Waals surface area contributed by atoms with Gasteiger partial charge in [-0.3, -0.25) is 0 Å². The maximum atomic E-state index is 13.2. The van der Waals surface area contributed by atoms with Gasteiger partial charge < -0.3 is 34.3 Å². The Balaban J connectivity index is 1.46. The van der Waals surface area contributed by atoms with E-state index in [-0.39, 0.29) is 16.0 Å². The number of hydrogen-bond donors (Lipinski definition) is 2. The molecular weight excluding hydrogens is 649 g/mol. The fourth-order valence-corrected chi connectivity index (χ4v) is 4.42. The maximum Gasteiger partial charge on any atom is 0.417 e. The van der Waals surface area contributed by atoms with E-state index in [0.29, 0.717) is 73.1 Å². The van der Waals surface area contributed by atoms with Crippen molar-refractivity contribution in [2.75, 3.05) is 51.3 Å². The number of alkyl halides is 3. The molecule has 234 valence electrons. The number of carbonyl (C=O) groups excluding carboxylic acids is 1. The van der Waals surface area contributed by atoms with E-state index in [1.54, 1.807) is 50.6 Å². The summed E-state index contributed by atoms with van der Waals surface area (Å²) in [6.45, 7) is 1.94. The number of amides is 2. The van der Waals surface area contributed by atoms with Crippen LogP contribution >= 0.6 is 15.9 Å².